The highest BCUT2D eigenvalue weighted by atomic mass is 28.1. The maximum Gasteiger partial charge on any atom is 0.0388 e. The van der Waals surface area contributed by atoms with Gasteiger partial charge in [0.1, 0.15) is 0 Å². The van der Waals surface area contributed by atoms with E-state index in [2.05, 4.69) is 38.1 Å². The maximum atomic E-state index is 2.33. The smallest absolute Gasteiger partial charge is 0.0388 e. The lowest BCUT2D eigenvalue weighted by Gasteiger charge is -2.12. The Balaban J connectivity index is 2.79. The summed E-state index contributed by atoms with van der Waals surface area (Å²) in [6.07, 6.45) is 2.61. The summed E-state index contributed by atoms with van der Waals surface area (Å²) in [6.45, 7) is 4.59. The monoisotopic (exact) mass is 178 g/mol. The molecule has 0 nitrogen and oxygen atoms in total. The van der Waals surface area contributed by atoms with Gasteiger partial charge in [-0.3, -0.25) is 0 Å². The third-order valence-electron chi connectivity index (χ3n) is 2.44. The van der Waals surface area contributed by atoms with Crippen molar-refractivity contribution in [2.75, 3.05) is 0 Å². The van der Waals surface area contributed by atoms with Crippen molar-refractivity contribution in [2.24, 2.45) is 0 Å². The van der Waals surface area contributed by atoms with Crippen LogP contribution in [0.1, 0.15) is 38.2 Å². The number of hydrogen-bond donors (Lipinski definition) is 0. The van der Waals surface area contributed by atoms with Gasteiger partial charge in [0.25, 0.3) is 0 Å². The molecular formula is C11H18Si. The van der Waals surface area contributed by atoms with Crippen molar-refractivity contribution in [1.82, 2.24) is 0 Å². The highest BCUT2D eigenvalue weighted by Gasteiger charge is 2.05. The topological polar surface area (TPSA) is 0 Å². The average Bonchev–Trinajstić information content (AvgIpc) is 2.05. The van der Waals surface area contributed by atoms with Crippen molar-refractivity contribution < 1.29 is 0 Å². The van der Waals surface area contributed by atoms with Crippen LogP contribution in [0.4, 0.5) is 0 Å². The fraction of sp³-hybridized carbons (Fsp3) is 0.455. The first-order chi connectivity index (χ1) is 5.75. The predicted octanol–water partition coefficient (Wildman–Crippen LogP) is 1.58. The van der Waals surface area contributed by atoms with E-state index >= 15 is 0 Å². The Morgan fingerprint density at radius 3 is 2.58 bits per heavy atom. The molecule has 0 N–H and O–H groups in total. The van der Waals surface area contributed by atoms with Gasteiger partial charge < -0.3 is 0 Å². The molecule has 0 aliphatic heterocycles. The van der Waals surface area contributed by atoms with Crippen LogP contribution in [-0.2, 0) is 0 Å². The van der Waals surface area contributed by atoms with Crippen LogP contribution in [0.3, 0.4) is 0 Å². The van der Waals surface area contributed by atoms with Gasteiger partial charge in [0.2, 0.25) is 0 Å². The van der Waals surface area contributed by atoms with Crippen molar-refractivity contribution in [3.8, 4) is 0 Å². The Bertz CT molecular complexity index is 243. The molecule has 0 heterocycles. The van der Waals surface area contributed by atoms with E-state index < -0.39 is 0 Å². The van der Waals surface area contributed by atoms with Gasteiger partial charge in [0, 0.05) is 10.2 Å². The van der Waals surface area contributed by atoms with Crippen LogP contribution >= 0.6 is 0 Å². The summed E-state index contributed by atoms with van der Waals surface area (Å²) in [5.74, 6) is 0.753. The molecule has 0 radical (unpaired) electrons. The zero-order valence-corrected chi connectivity index (χ0v) is 10.3. The molecular weight excluding hydrogens is 160 g/mol. The fourth-order valence-corrected chi connectivity index (χ4v) is 2.58. The summed E-state index contributed by atoms with van der Waals surface area (Å²) in [5, 5.41) is 1.57. The van der Waals surface area contributed by atoms with Crippen molar-refractivity contribution in [2.45, 2.75) is 32.6 Å². The second-order valence-electron chi connectivity index (χ2n) is 3.55. The minimum absolute atomic E-state index is 0.753. The summed E-state index contributed by atoms with van der Waals surface area (Å²) in [7, 11) is 1.18. The lowest BCUT2D eigenvalue weighted by Crippen LogP contribution is -2.12. The predicted molar refractivity (Wildman–Crippen MR) is 59.3 cm³/mol. The van der Waals surface area contributed by atoms with Gasteiger partial charge in [0.05, 0.1) is 0 Å². The van der Waals surface area contributed by atoms with Gasteiger partial charge in [-0.1, -0.05) is 49.7 Å². The molecule has 1 rings (SSSR count). The Morgan fingerprint density at radius 2 is 2.00 bits per heavy atom. The summed E-state index contributed by atoms with van der Waals surface area (Å²) >= 11 is 0. The quantitative estimate of drug-likeness (QED) is 0.617. The molecule has 66 valence electrons. The molecule has 0 bridgehead atoms. The van der Waals surface area contributed by atoms with E-state index in [1.165, 1.54) is 23.1 Å². The molecule has 1 unspecified atom stereocenters. The van der Waals surface area contributed by atoms with Crippen LogP contribution in [-0.4, -0.2) is 10.2 Å². The molecule has 0 aliphatic rings. The van der Waals surface area contributed by atoms with E-state index in [1.807, 2.05) is 0 Å². The standard InChI is InChI=1S/C11H18Si/c1-3-6-9(2)10-7-4-5-8-11(10)12/h4-5,7-9H,3,6H2,1-2,12H3. The largest absolute Gasteiger partial charge is 0.0674 e. The molecule has 0 aliphatic carbocycles. The van der Waals surface area contributed by atoms with Crippen molar-refractivity contribution in [3.05, 3.63) is 29.8 Å². The van der Waals surface area contributed by atoms with E-state index in [9.17, 15) is 0 Å². The van der Waals surface area contributed by atoms with Crippen LogP contribution in [0.25, 0.3) is 0 Å². The van der Waals surface area contributed by atoms with E-state index in [4.69, 9.17) is 0 Å². The molecule has 0 saturated heterocycles. The van der Waals surface area contributed by atoms with Crippen molar-refractivity contribution in [3.63, 3.8) is 0 Å². The summed E-state index contributed by atoms with van der Waals surface area (Å²) in [5.41, 5.74) is 1.58. The summed E-state index contributed by atoms with van der Waals surface area (Å²) in [6, 6.07) is 8.84. The number of benzene rings is 1. The molecule has 0 amide bonds. The lowest BCUT2D eigenvalue weighted by atomic mass is 9.97. The molecule has 0 fully saturated rings. The first kappa shape index (κ1) is 9.52. The Labute approximate surface area is 78.4 Å². The summed E-state index contributed by atoms with van der Waals surface area (Å²) in [4.78, 5) is 0. The van der Waals surface area contributed by atoms with Crippen LogP contribution in [0, 0.1) is 0 Å². The van der Waals surface area contributed by atoms with E-state index in [-0.39, 0.29) is 0 Å². The third kappa shape index (κ3) is 2.21. The van der Waals surface area contributed by atoms with Crippen LogP contribution in [0.2, 0.25) is 0 Å². The second kappa shape index (κ2) is 4.46. The van der Waals surface area contributed by atoms with E-state index in [0.29, 0.717) is 0 Å². The zero-order chi connectivity index (χ0) is 8.97. The van der Waals surface area contributed by atoms with E-state index in [1.54, 1.807) is 10.8 Å². The second-order valence-corrected chi connectivity index (χ2v) is 4.62. The van der Waals surface area contributed by atoms with Gasteiger partial charge in [0.15, 0.2) is 0 Å². The Morgan fingerprint density at radius 1 is 1.33 bits per heavy atom. The van der Waals surface area contributed by atoms with Gasteiger partial charge in [-0.15, -0.1) is 0 Å². The molecule has 1 aromatic carbocycles. The SMILES string of the molecule is CCCC(C)c1ccccc1[SiH3]. The molecule has 1 aromatic rings. The van der Waals surface area contributed by atoms with Gasteiger partial charge in [-0.25, -0.2) is 0 Å². The van der Waals surface area contributed by atoms with Gasteiger partial charge in [-0.05, 0) is 17.9 Å². The molecule has 12 heavy (non-hydrogen) atoms. The fourth-order valence-electron chi connectivity index (χ4n) is 1.73. The molecule has 0 saturated carbocycles. The van der Waals surface area contributed by atoms with Crippen LogP contribution in [0.15, 0.2) is 24.3 Å². The minimum atomic E-state index is 0.753. The average molecular weight is 178 g/mol. The van der Waals surface area contributed by atoms with Gasteiger partial charge >= 0.3 is 0 Å². The third-order valence-corrected chi connectivity index (χ3v) is 3.35. The highest BCUT2D eigenvalue weighted by Crippen LogP contribution is 2.17. The molecule has 1 heteroatoms. The first-order valence-electron chi connectivity index (χ1n) is 4.81. The Kier molecular flexibility index (Phi) is 3.54. The van der Waals surface area contributed by atoms with Gasteiger partial charge in [-0.2, -0.15) is 0 Å². The van der Waals surface area contributed by atoms with Crippen LogP contribution in [0.5, 0.6) is 0 Å². The van der Waals surface area contributed by atoms with Crippen LogP contribution < -0.4 is 5.19 Å². The highest BCUT2D eigenvalue weighted by molar-refractivity contribution is 6.33. The summed E-state index contributed by atoms with van der Waals surface area (Å²) < 4.78 is 0. The molecule has 1 atom stereocenters. The first-order valence-corrected chi connectivity index (χ1v) is 5.81. The normalized spacial score (nSPS) is 13.2. The number of rotatable bonds is 3. The van der Waals surface area contributed by atoms with Crippen molar-refractivity contribution in [1.29, 1.82) is 0 Å². The zero-order valence-electron chi connectivity index (χ0n) is 8.30. The van der Waals surface area contributed by atoms with E-state index in [0.717, 1.165) is 5.92 Å². The molecule has 0 spiro atoms. The Hall–Kier alpha value is -0.563. The number of hydrogen-bond acceptors (Lipinski definition) is 0. The molecule has 0 aromatic heterocycles. The maximum absolute atomic E-state index is 2.33. The minimum Gasteiger partial charge on any atom is -0.0674 e. The lowest BCUT2D eigenvalue weighted by molar-refractivity contribution is 0.668. The van der Waals surface area contributed by atoms with Crippen molar-refractivity contribution >= 4 is 15.4 Å².